The van der Waals surface area contributed by atoms with Gasteiger partial charge in [-0.1, -0.05) is 18.2 Å². The number of para-hydroxylation sites is 1. The number of imidazole rings is 1. The number of ether oxygens (including phenoxy) is 1. The van der Waals surface area contributed by atoms with Crippen molar-refractivity contribution in [3.8, 4) is 5.82 Å². The molecule has 2 aromatic heterocycles. The summed E-state index contributed by atoms with van der Waals surface area (Å²) in [4.78, 5) is 19.8. The normalized spacial score (nSPS) is 25.1. The van der Waals surface area contributed by atoms with E-state index < -0.39 is 0 Å². The van der Waals surface area contributed by atoms with Gasteiger partial charge < -0.3 is 19.2 Å². The number of hydrogen-bond acceptors (Lipinski definition) is 4. The number of morpholine rings is 1. The van der Waals surface area contributed by atoms with Gasteiger partial charge in [-0.2, -0.15) is 0 Å². The van der Waals surface area contributed by atoms with E-state index >= 15 is 0 Å². The third-order valence-electron chi connectivity index (χ3n) is 6.22. The number of aromatic nitrogens is 3. The van der Waals surface area contributed by atoms with Gasteiger partial charge in [0.2, 0.25) is 0 Å². The molecule has 0 radical (unpaired) electrons. The van der Waals surface area contributed by atoms with Crippen molar-refractivity contribution in [2.24, 2.45) is 7.05 Å². The van der Waals surface area contributed by atoms with Gasteiger partial charge in [0, 0.05) is 36.8 Å². The smallest absolute Gasteiger partial charge is 0.253 e. The molecular formula is C21H25N5O2. The van der Waals surface area contributed by atoms with E-state index in [1.54, 1.807) is 6.33 Å². The second-order valence-electron chi connectivity index (χ2n) is 7.95. The molecule has 28 heavy (non-hydrogen) atoms. The first-order valence-electron chi connectivity index (χ1n) is 9.79. The largest absolute Gasteiger partial charge is 0.378 e. The van der Waals surface area contributed by atoms with E-state index in [9.17, 15) is 4.79 Å². The molecule has 7 nitrogen and oxygen atoms in total. The van der Waals surface area contributed by atoms with Gasteiger partial charge in [0.1, 0.15) is 5.82 Å². The van der Waals surface area contributed by atoms with Crippen molar-refractivity contribution in [1.29, 1.82) is 0 Å². The highest BCUT2D eigenvalue weighted by Gasteiger charge is 2.37. The fourth-order valence-corrected chi connectivity index (χ4v) is 4.61. The average molecular weight is 379 g/mol. The number of carbonyl (C=O) groups excluding carboxylic acids is 1. The molecule has 2 fully saturated rings. The van der Waals surface area contributed by atoms with Gasteiger partial charge in [0.05, 0.1) is 36.8 Å². The molecule has 2 aliphatic rings. The number of rotatable bonds is 3. The summed E-state index contributed by atoms with van der Waals surface area (Å²) in [7, 11) is 4.12. The average Bonchev–Trinajstić information content (AvgIpc) is 3.26. The number of piperidine rings is 1. The number of benzene rings is 1. The summed E-state index contributed by atoms with van der Waals surface area (Å²) in [5, 5.41) is 4.25. The van der Waals surface area contributed by atoms with Crippen LogP contribution in [-0.2, 0) is 11.8 Å². The highest BCUT2D eigenvalue weighted by molar-refractivity contribution is 6.07. The fraction of sp³-hybridized carbons (Fsp3) is 0.429. The monoisotopic (exact) mass is 379 g/mol. The molecule has 0 spiro atoms. The number of likely N-dealkylation sites (N-methyl/N-ethyl adjacent to an activating group) is 1. The molecule has 2 bridgehead atoms. The van der Waals surface area contributed by atoms with Crippen LogP contribution in [-0.4, -0.2) is 63.3 Å². The first kappa shape index (κ1) is 17.5. The SMILES string of the molecule is CN1[C@@H]2COC[C@H]1C[C@@H](NC(=O)c1cn(-c3cncn3C)c3ccccc13)C2. The third-order valence-corrected chi connectivity index (χ3v) is 6.22. The quantitative estimate of drug-likeness (QED) is 0.756. The van der Waals surface area contributed by atoms with E-state index in [2.05, 4.69) is 22.2 Å². The Morgan fingerprint density at radius 2 is 1.93 bits per heavy atom. The van der Waals surface area contributed by atoms with E-state index in [1.165, 1.54) is 0 Å². The summed E-state index contributed by atoms with van der Waals surface area (Å²) >= 11 is 0. The second-order valence-corrected chi connectivity index (χ2v) is 7.95. The zero-order chi connectivity index (χ0) is 19.3. The first-order chi connectivity index (χ1) is 13.6. The van der Waals surface area contributed by atoms with Crippen molar-refractivity contribution in [3.05, 3.63) is 48.5 Å². The first-order valence-corrected chi connectivity index (χ1v) is 9.79. The van der Waals surface area contributed by atoms with Gasteiger partial charge in [-0.15, -0.1) is 0 Å². The van der Waals surface area contributed by atoms with Crippen LogP contribution in [0.15, 0.2) is 43.0 Å². The highest BCUT2D eigenvalue weighted by Crippen LogP contribution is 2.28. The molecule has 7 heteroatoms. The summed E-state index contributed by atoms with van der Waals surface area (Å²) in [5.41, 5.74) is 1.71. The van der Waals surface area contributed by atoms with Gasteiger partial charge in [-0.25, -0.2) is 4.98 Å². The minimum absolute atomic E-state index is 0.00865. The molecule has 3 aromatic rings. The van der Waals surface area contributed by atoms with E-state index in [0.717, 1.165) is 42.8 Å². The minimum atomic E-state index is -0.00865. The van der Waals surface area contributed by atoms with Crippen molar-refractivity contribution < 1.29 is 9.53 Å². The maximum Gasteiger partial charge on any atom is 0.253 e. The number of amides is 1. The lowest BCUT2D eigenvalue weighted by molar-refractivity contribution is -0.0670. The Morgan fingerprint density at radius 1 is 1.18 bits per heavy atom. The maximum atomic E-state index is 13.2. The Morgan fingerprint density at radius 3 is 2.64 bits per heavy atom. The van der Waals surface area contributed by atoms with E-state index in [4.69, 9.17) is 4.74 Å². The number of nitrogens with zero attached hydrogens (tertiary/aromatic N) is 4. The third kappa shape index (κ3) is 2.82. The van der Waals surface area contributed by atoms with Crippen LogP contribution in [0.1, 0.15) is 23.2 Å². The number of aryl methyl sites for hydroxylation is 1. The Kier molecular flexibility index (Phi) is 4.21. The van der Waals surface area contributed by atoms with Crippen LogP contribution in [0.5, 0.6) is 0 Å². The van der Waals surface area contributed by atoms with E-state index in [-0.39, 0.29) is 11.9 Å². The molecule has 1 N–H and O–H groups in total. The van der Waals surface area contributed by atoms with Gasteiger partial charge in [-0.3, -0.25) is 9.69 Å². The Bertz CT molecular complexity index is 1010. The molecule has 1 amide bonds. The Hall–Kier alpha value is -2.64. The van der Waals surface area contributed by atoms with Crippen LogP contribution < -0.4 is 5.32 Å². The molecule has 2 aliphatic heterocycles. The summed E-state index contributed by atoms with van der Waals surface area (Å²) < 4.78 is 9.68. The van der Waals surface area contributed by atoms with E-state index in [0.29, 0.717) is 17.6 Å². The topological polar surface area (TPSA) is 64.3 Å². The fourth-order valence-electron chi connectivity index (χ4n) is 4.61. The maximum absolute atomic E-state index is 13.2. The van der Waals surface area contributed by atoms with Crippen LogP contribution in [0.2, 0.25) is 0 Å². The lowest BCUT2D eigenvalue weighted by Gasteiger charge is -2.46. The lowest BCUT2D eigenvalue weighted by atomic mass is 9.90. The molecular weight excluding hydrogens is 354 g/mol. The van der Waals surface area contributed by atoms with Gasteiger partial charge in [0.15, 0.2) is 0 Å². The molecule has 0 unspecified atom stereocenters. The zero-order valence-electron chi connectivity index (χ0n) is 16.2. The summed E-state index contributed by atoms with van der Waals surface area (Å²) in [6.07, 6.45) is 7.36. The van der Waals surface area contributed by atoms with Crippen LogP contribution in [0, 0.1) is 0 Å². The molecule has 146 valence electrons. The standard InChI is InChI=1S/C21H25N5O2/c1-24-13-22-9-20(24)26-10-18(17-5-3-4-6-19(17)26)21(27)23-14-7-15-11-28-12-16(8-14)25(15)2/h3-6,9-10,13-16H,7-8,11-12H2,1-2H3,(H,23,27)/t14-,15-,16+. The van der Waals surface area contributed by atoms with Crippen LogP contribution in [0.25, 0.3) is 16.7 Å². The molecule has 5 rings (SSSR count). The zero-order valence-corrected chi connectivity index (χ0v) is 16.2. The van der Waals surface area contributed by atoms with Gasteiger partial charge >= 0.3 is 0 Å². The number of hydrogen-bond donors (Lipinski definition) is 1. The summed E-state index contributed by atoms with van der Waals surface area (Å²) in [6.45, 7) is 1.50. The summed E-state index contributed by atoms with van der Waals surface area (Å²) in [6, 6.07) is 8.97. The molecule has 0 aliphatic carbocycles. The second kappa shape index (κ2) is 6.76. The predicted molar refractivity (Wildman–Crippen MR) is 107 cm³/mol. The van der Waals surface area contributed by atoms with Crippen LogP contribution in [0.4, 0.5) is 0 Å². The lowest BCUT2D eigenvalue weighted by Crippen LogP contribution is -2.59. The molecule has 3 atom stereocenters. The molecule has 0 saturated carbocycles. The molecule has 2 saturated heterocycles. The predicted octanol–water partition coefficient (Wildman–Crippen LogP) is 1.96. The van der Waals surface area contributed by atoms with Crippen molar-refractivity contribution in [3.63, 3.8) is 0 Å². The van der Waals surface area contributed by atoms with Gasteiger partial charge in [0.25, 0.3) is 5.91 Å². The van der Waals surface area contributed by atoms with Gasteiger partial charge in [-0.05, 0) is 26.0 Å². The number of fused-ring (bicyclic) bond motifs is 3. The summed E-state index contributed by atoms with van der Waals surface area (Å²) in [5.74, 6) is 0.923. The molecule has 4 heterocycles. The van der Waals surface area contributed by atoms with Crippen LogP contribution in [0.3, 0.4) is 0 Å². The Labute approximate surface area is 163 Å². The molecule has 1 aromatic carbocycles. The van der Waals surface area contributed by atoms with Crippen molar-refractivity contribution >= 4 is 16.8 Å². The van der Waals surface area contributed by atoms with Crippen molar-refractivity contribution in [2.45, 2.75) is 31.0 Å². The van der Waals surface area contributed by atoms with Crippen molar-refractivity contribution in [2.75, 3.05) is 20.3 Å². The number of carbonyl (C=O) groups is 1. The van der Waals surface area contributed by atoms with Crippen molar-refractivity contribution in [1.82, 2.24) is 24.3 Å². The minimum Gasteiger partial charge on any atom is -0.378 e. The van der Waals surface area contributed by atoms with E-state index in [1.807, 2.05) is 52.8 Å². The number of nitrogens with one attached hydrogen (secondary N) is 1. The van der Waals surface area contributed by atoms with Crippen LogP contribution >= 0.6 is 0 Å². The Balaban J connectivity index is 1.45. The highest BCUT2D eigenvalue weighted by atomic mass is 16.5.